The molecule has 0 aromatic carbocycles. The van der Waals surface area contributed by atoms with Crippen molar-refractivity contribution in [2.24, 2.45) is 5.92 Å². The van der Waals surface area contributed by atoms with Crippen LogP contribution in [-0.4, -0.2) is 24.7 Å². The van der Waals surface area contributed by atoms with Crippen molar-refractivity contribution < 1.29 is 9.53 Å². The van der Waals surface area contributed by atoms with Crippen LogP contribution in [0.5, 0.6) is 0 Å². The zero-order valence-corrected chi connectivity index (χ0v) is 11.5. The molecule has 3 nitrogen and oxygen atoms in total. The fourth-order valence-corrected chi connectivity index (χ4v) is 2.00. The molecule has 1 unspecified atom stereocenters. The van der Waals surface area contributed by atoms with E-state index in [1.54, 1.807) is 6.92 Å². The monoisotopic (exact) mass is 239 g/mol. The van der Waals surface area contributed by atoms with Gasteiger partial charge in [0.15, 0.2) is 0 Å². The molecule has 0 heterocycles. The Morgan fingerprint density at radius 1 is 1.65 bits per heavy atom. The van der Waals surface area contributed by atoms with Gasteiger partial charge in [-0.3, -0.25) is 4.79 Å². The minimum Gasteiger partial charge on any atom is -0.372 e. The van der Waals surface area contributed by atoms with Crippen molar-refractivity contribution in [3.63, 3.8) is 0 Å². The summed E-state index contributed by atoms with van der Waals surface area (Å²) in [5.41, 5.74) is 1.36. The molecule has 0 saturated heterocycles. The van der Waals surface area contributed by atoms with E-state index in [-0.39, 0.29) is 18.1 Å². The molecule has 0 bridgehead atoms. The van der Waals surface area contributed by atoms with Crippen LogP contribution in [0.25, 0.3) is 0 Å². The molecule has 3 heteroatoms. The van der Waals surface area contributed by atoms with Crippen LogP contribution in [0.4, 0.5) is 0 Å². The molecule has 1 N–H and O–H groups in total. The minimum absolute atomic E-state index is 0.0279. The average Bonchev–Trinajstić information content (AvgIpc) is 2.28. The summed E-state index contributed by atoms with van der Waals surface area (Å²) in [6.07, 6.45) is 5.36. The summed E-state index contributed by atoms with van der Waals surface area (Å²) < 4.78 is 5.93. The third-order valence-electron chi connectivity index (χ3n) is 3.35. The topological polar surface area (TPSA) is 38.3 Å². The Bertz CT molecular complexity index is 286. The van der Waals surface area contributed by atoms with Crippen molar-refractivity contribution in [3.8, 4) is 0 Å². The molecule has 0 fully saturated rings. The van der Waals surface area contributed by atoms with Crippen molar-refractivity contribution in [1.82, 2.24) is 5.32 Å². The Hall–Kier alpha value is -0.830. The SMILES string of the molecule is CCC(C)CO[C@H]1C=C(C)CC[C@H]1NC(C)=O. The van der Waals surface area contributed by atoms with Crippen molar-refractivity contribution in [2.75, 3.05) is 6.61 Å². The number of allylic oxidation sites excluding steroid dienone is 1. The first-order valence-electron chi connectivity index (χ1n) is 6.59. The number of carbonyl (C=O) groups is 1. The largest absolute Gasteiger partial charge is 0.372 e. The van der Waals surface area contributed by atoms with E-state index in [2.05, 4.69) is 32.2 Å². The van der Waals surface area contributed by atoms with Gasteiger partial charge in [-0.15, -0.1) is 0 Å². The lowest BCUT2D eigenvalue weighted by Crippen LogP contribution is -2.44. The predicted molar refractivity (Wildman–Crippen MR) is 69.8 cm³/mol. The van der Waals surface area contributed by atoms with Gasteiger partial charge in [0, 0.05) is 6.92 Å². The van der Waals surface area contributed by atoms with Gasteiger partial charge in [0.05, 0.1) is 18.8 Å². The van der Waals surface area contributed by atoms with Gasteiger partial charge < -0.3 is 10.1 Å². The summed E-state index contributed by atoms with van der Waals surface area (Å²) >= 11 is 0. The van der Waals surface area contributed by atoms with Gasteiger partial charge in [0.25, 0.3) is 0 Å². The van der Waals surface area contributed by atoms with E-state index in [4.69, 9.17) is 4.74 Å². The molecular formula is C14H25NO2. The lowest BCUT2D eigenvalue weighted by atomic mass is 9.93. The molecule has 98 valence electrons. The molecule has 0 saturated carbocycles. The summed E-state index contributed by atoms with van der Waals surface area (Å²) in [6, 6.07) is 0.139. The summed E-state index contributed by atoms with van der Waals surface area (Å²) in [4.78, 5) is 11.1. The summed E-state index contributed by atoms with van der Waals surface area (Å²) in [7, 11) is 0. The van der Waals surface area contributed by atoms with Crippen LogP contribution in [0.3, 0.4) is 0 Å². The Labute approximate surface area is 105 Å². The minimum atomic E-state index is 0.0279. The number of hydrogen-bond acceptors (Lipinski definition) is 2. The van der Waals surface area contributed by atoms with Gasteiger partial charge in [-0.25, -0.2) is 0 Å². The average molecular weight is 239 g/mol. The molecule has 1 amide bonds. The fraction of sp³-hybridized carbons (Fsp3) is 0.786. The number of hydrogen-bond donors (Lipinski definition) is 1. The zero-order chi connectivity index (χ0) is 12.8. The molecule has 0 aromatic rings. The Morgan fingerprint density at radius 2 is 2.35 bits per heavy atom. The third kappa shape index (κ3) is 4.90. The van der Waals surface area contributed by atoms with E-state index in [1.807, 2.05) is 0 Å². The maximum absolute atomic E-state index is 11.1. The molecule has 1 aliphatic carbocycles. The smallest absolute Gasteiger partial charge is 0.217 e. The van der Waals surface area contributed by atoms with E-state index >= 15 is 0 Å². The van der Waals surface area contributed by atoms with Gasteiger partial charge in [0.1, 0.15) is 0 Å². The third-order valence-corrected chi connectivity index (χ3v) is 3.35. The standard InChI is InChI=1S/C14H25NO2/c1-5-10(2)9-17-14-8-11(3)6-7-13(14)15-12(4)16/h8,10,13-14H,5-7,9H2,1-4H3,(H,15,16)/t10?,13-,14+/m1/s1. The lowest BCUT2D eigenvalue weighted by molar-refractivity contribution is -0.120. The Balaban J connectivity index is 2.55. The van der Waals surface area contributed by atoms with Crippen LogP contribution in [0.2, 0.25) is 0 Å². The molecule has 0 spiro atoms. The molecule has 0 aromatic heterocycles. The van der Waals surface area contributed by atoms with Gasteiger partial charge in [-0.05, 0) is 25.7 Å². The predicted octanol–water partition coefficient (Wildman–Crippen LogP) is 2.66. The lowest BCUT2D eigenvalue weighted by Gasteiger charge is -2.30. The normalized spacial score (nSPS) is 26.2. The molecule has 17 heavy (non-hydrogen) atoms. The number of carbonyl (C=O) groups excluding carboxylic acids is 1. The molecular weight excluding hydrogens is 214 g/mol. The van der Waals surface area contributed by atoms with Crippen molar-refractivity contribution in [3.05, 3.63) is 11.6 Å². The van der Waals surface area contributed by atoms with Crippen LogP contribution in [-0.2, 0) is 9.53 Å². The number of nitrogens with one attached hydrogen (secondary N) is 1. The first kappa shape index (κ1) is 14.2. The first-order chi connectivity index (χ1) is 8.02. The van der Waals surface area contributed by atoms with Crippen molar-refractivity contribution in [2.45, 2.75) is 59.1 Å². The van der Waals surface area contributed by atoms with E-state index in [0.717, 1.165) is 25.9 Å². The number of rotatable bonds is 5. The summed E-state index contributed by atoms with van der Waals surface area (Å²) in [5, 5.41) is 2.99. The van der Waals surface area contributed by atoms with Gasteiger partial charge in [0.2, 0.25) is 5.91 Å². The summed E-state index contributed by atoms with van der Waals surface area (Å²) in [6.45, 7) is 8.82. The maximum Gasteiger partial charge on any atom is 0.217 e. The molecule has 3 atom stereocenters. The van der Waals surface area contributed by atoms with Crippen molar-refractivity contribution in [1.29, 1.82) is 0 Å². The van der Waals surface area contributed by atoms with Crippen molar-refractivity contribution >= 4 is 5.91 Å². The fourth-order valence-electron chi connectivity index (χ4n) is 2.00. The zero-order valence-electron chi connectivity index (χ0n) is 11.5. The molecule has 1 aliphatic rings. The van der Waals surface area contributed by atoms with Crippen LogP contribution >= 0.6 is 0 Å². The highest BCUT2D eigenvalue weighted by molar-refractivity contribution is 5.73. The second kappa shape index (κ2) is 6.80. The molecule has 1 rings (SSSR count). The number of ether oxygens (including phenoxy) is 1. The second-order valence-electron chi connectivity index (χ2n) is 5.17. The van der Waals surface area contributed by atoms with Gasteiger partial charge in [-0.1, -0.05) is 31.9 Å². The second-order valence-corrected chi connectivity index (χ2v) is 5.17. The summed E-state index contributed by atoms with van der Waals surface area (Å²) in [5.74, 6) is 0.601. The highest BCUT2D eigenvalue weighted by atomic mass is 16.5. The van der Waals surface area contributed by atoms with Gasteiger partial charge in [-0.2, -0.15) is 0 Å². The van der Waals surface area contributed by atoms with Crippen LogP contribution in [0, 0.1) is 5.92 Å². The highest BCUT2D eigenvalue weighted by Gasteiger charge is 2.25. The van der Waals surface area contributed by atoms with Crippen LogP contribution < -0.4 is 5.32 Å². The molecule has 0 radical (unpaired) electrons. The van der Waals surface area contributed by atoms with Crippen LogP contribution in [0.15, 0.2) is 11.6 Å². The maximum atomic E-state index is 11.1. The van der Waals surface area contributed by atoms with Crippen LogP contribution in [0.1, 0.15) is 47.0 Å². The van der Waals surface area contributed by atoms with Gasteiger partial charge >= 0.3 is 0 Å². The molecule has 0 aliphatic heterocycles. The van der Waals surface area contributed by atoms with E-state index in [0.29, 0.717) is 5.92 Å². The van der Waals surface area contributed by atoms with E-state index in [1.165, 1.54) is 5.57 Å². The van der Waals surface area contributed by atoms with E-state index in [9.17, 15) is 4.79 Å². The van der Waals surface area contributed by atoms with E-state index < -0.39 is 0 Å². The number of amides is 1. The Morgan fingerprint density at radius 3 is 2.94 bits per heavy atom. The first-order valence-corrected chi connectivity index (χ1v) is 6.59. The highest BCUT2D eigenvalue weighted by Crippen LogP contribution is 2.21. The Kier molecular flexibility index (Phi) is 5.69. The quantitative estimate of drug-likeness (QED) is 0.749.